The summed E-state index contributed by atoms with van der Waals surface area (Å²) in [5, 5.41) is 4.34. The van der Waals surface area contributed by atoms with E-state index in [2.05, 4.69) is 17.0 Å². The first-order valence-corrected chi connectivity index (χ1v) is 3.85. The van der Waals surface area contributed by atoms with Gasteiger partial charge in [0, 0.05) is 12.1 Å². The highest BCUT2D eigenvalue weighted by molar-refractivity contribution is 5.82. The Morgan fingerprint density at radius 2 is 2.18 bits per heavy atom. The van der Waals surface area contributed by atoms with Crippen molar-refractivity contribution >= 4 is 5.71 Å². The number of hydrogen-bond acceptors (Lipinski definition) is 2. The molecule has 1 aromatic rings. The van der Waals surface area contributed by atoms with E-state index in [1.165, 1.54) is 5.71 Å². The molecule has 0 aromatic carbocycles. The molecule has 0 aliphatic carbocycles. The molecule has 0 spiro atoms. The molecule has 11 heavy (non-hydrogen) atoms. The van der Waals surface area contributed by atoms with E-state index >= 15 is 0 Å². The van der Waals surface area contributed by atoms with Crippen LogP contribution in [0.15, 0.2) is 11.3 Å². The lowest BCUT2D eigenvalue weighted by atomic mass is 10.2. The Balaban J connectivity index is 2.50. The van der Waals surface area contributed by atoms with Crippen LogP contribution in [0.25, 0.3) is 0 Å². The lowest BCUT2D eigenvalue weighted by molar-refractivity contribution is 0.729. The fraction of sp³-hybridized carbons (Fsp3) is 0.500. The number of aromatic nitrogens is 2. The van der Waals surface area contributed by atoms with Gasteiger partial charge in [0.25, 0.3) is 0 Å². The van der Waals surface area contributed by atoms with Crippen LogP contribution in [0, 0.1) is 6.92 Å². The van der Waals surface area contributed by atoms with Crippen molar-refractivity contribution in [1.29, 1.82) is 0 Å². The molecule has 0 saturated carbocycles. The van der Waals surface area contributed by atoms with Gasteiger partial charge in [0.05, 0.1) is 11.9 Å². The molecule has 0 bridgehead atoms. The maximum absolute atomic E-state index is 4.34. The molecule has 0 amide bonds. The van der Waals surface area contributed by atoms with Crippen LogP contribution in [0.1, 0.15) is 24.9 Å². The Kier molecular flexibility index (Phi) is 1.31. The second-order valence-corrected chi connectivity index (χ2v) is 2.98. The second kappa shape index (κ2) is 2.19. The summed E-state index contributed by atoms with van der Waals surface area (Å²) < 4.78 is 1.88. The highest BCUT2D eigenvalue weighted by Gasteiger charge is 2.09. The number of imidazole rings is 1. The summed E-state index contributed by atoms with van der Waals surface area (Å²) in [7, 11) is 0. The van der Waals surface area contributed by atoms with Gasteiger partial charge >= 0.3 is 0 Å². The Bertz CT molecular complexity index is 309. The lowest BCUT2D eigenvalue weighted by Crippen LogP contribution is -2.09. The van der Waals surface area contributed by atoms with Crippen molar-refractivity contribution in [2.24, 2.45) is 5.10 Å². The summed E-state index contributed by atoms with van der Waals surface area (Å²) in [6, 6.07) is 0. The summed E-state index contributed by atoms with van der Waals surface area (Å²) >= 11 is 0. The number of nitrogens with zero attached hydrogens (tertiary/aromatic N) is 3. The Morgan fingerprint density at radius 1 is 1.36 bits per heavy atom. The van der Waals surface area contributed by atoms with Gasteiger partial charge in [-0.05, 0) is 20.3 Å². The summed E-state index contributed by atoms with van der Waals surface area (Å²) in [6.07, 6.45) is 4.05. The Hall–Kier alpha value is -1.12. The summed E-state index contributed by atoms with van der Waals surface area (Å²) in [4.78, 5) is 4.34. The molecule has 3 nitrogen and oxygen atoms in total. The Labute approximate surface area is 65.8 Å². The fourth-order valence-corrected chi connectivity index (χ4v) is 1.32. The molecular weight excluding hydrogens is 138 g/mol. The fourth-order valence-electron chi connectivity index (χ4n) is 1.32. The predicted molar refractivity (Wildman–Crippen MR) is 43.8 cm³/mol. The van der Waals surface area contributed by atoms with E-state index in [9.17, 15) is 0 Å². The molecule has 2 heterocycles. The molecule has 0 unspecified atom stereocenters. The molecule has 0 radical (unpaired) electrons. The molecule has 1 aromatic heterocycles. The quantitative estimate of drug-likeness (QED) is 0.547. The predicted octanol–water partition coefficient (Wildman–Crippen LogP) is 1.36. The van der Waals surface area contributed by atoms with Crippen LogP contribution in [0.2, 0.25) is 0 Å². The molecule has 58 valence electrons. The standard InChI is InChI=1S/C8H11N3/c1-6-3-4-8-9-7(2)5-11(8)10-6/h5H,3-4H2,1-2H3. The summed E-state index contributed by atoms with van der Waals surface area (Å²) in [6.45, 7) is 4.05. The van der Waals surface area contributed by atoms with Gasteiger partial charge < -0.3 is 0 Å². The molecule has 2 rings (SSSR count). The van der Waals surface area contributed by atoms with Crippen LogP contribution in [0.4, 0.5) is 0 Å². The van der Waals surface area contributed by atoms with E-state index in [0.717, 1.165) is 24.4 Å². The first-order chi connectivity index (χ1) is 5.25. The highest BCUT2D eigenvalue weighted by Crippen LogP contribution is 2.10. The van der Waals surface area contributed by atoms with Gasteiger partial charge in [-0.15, -0.1) is 0 Å². The average Bonchev–Trinajstić information content (AvgIpc) is 2.27. The van der Waals surface area contributed by atoms with Crippen molar-refractivity contribution in [1.82, 2.24) is 9.66 Å². The van der Waals surface area contributed by atoms with Gasteiger partial charge in [0.15, 0.2) is 0 Å². The molecule has 0 N–H and O–H groups in total. The molecule has 1 aliphatic rings. The number of rotatable bonds is 0. The zero-order valence-electron chi connectivity index (χ0n) is 6.83. The van der Waals surface area contributed by atoms with Crippen molar-refractivity contribution in [2.75, 3.05) is 0 Å². The number of aryl methyl sites for hydroxylation is 2. The number of fused-ring (bicyclic) bond motifs is 1. The van der Waals surface area contributed by atoms with E-state index in [1.807, 2.05) is 17.8 Å². The minimum Gasteiger partial charge on any atom is -0.237 e. The van der Waals surface area contributed by atoms with E-state index in [4.69, 9.17) is 0 Å². The molecule has 3 heteroatoms. The smallest absolute Gasteiger partial charge is 0.130 e. The van der Waals surface area contributed by atoms with Crippen molar-refractivity contribution in [3.8, 4) is 0 Å². The monoisotopic (exact) mass is 149 g/mol. The average molecular weight is 149 g/mol. The van der Waals surface area contributed by atoms with Gasteiger partial charge in [-0.25, -0.2) is 9.66 Å². The van der Waals surface area contributed by atoms with Gasteiger partial charge in [-0.1, -0.05) is 0 Å². The molecule has 0 saturated heterocycles. The van der Waals surface area contributed by atoms with Crippen LogP contribution >= 0.6 is 0 Å². The highest BCUT2D eigenvalue weighted by atomic mass is 15.4. The number of hydrogen-bond donors (Lipinski definition) is 0. The second-order valence-electron chi connectivity index (χ2n) is 2.98. The summed E-state index contributed by atoms with van der Waals surface area (Å²) in [5.74, 6) is 1.09. The van der Waals surface area contributed by atoms with Crippen LogP contribution in [0.3, 0.4) is 0 Å². The van der Waals surface area contributed by atoms with Crippen molar-refractivity contribution in [3.05, 3.63) is 17.7 Å². The van der Waals surface area contributed by atoms with Gasteiger partial charge in [-0.3, -0.25) is 0 Å². The Morgan fingerprint density at radius 3 is 3.00 bits per heavy atom. The lowest BCUT2D eigenvalue weighted by Gasteiger charge is -2.08. The SMILES string of the molecule is CC1=Nn2cc(C)nc2CC1. The maximum Gasteiger partial charge on any atom is 0.130 e. The first-order valence-electron chi connectivity index (χ1n) is 3.85. The van der Waals surface area contributed by atoms with E-state index in [1.54, 1.807) is 0 Å². The van der Waals surface area contributed by atoms with Crippen molar-refractivity contribution < 1.29 is 0 Å². The molecular formula is C8H11N3. The third kappa shape index (κ3) is 1.06. The van der Waals surface area contributed by atoms with Gasteiger partial charge in [0.1, 0.15) is 5.82 Å². The van der Waals surface area contributed by atoms with E-state index < -0.39 is 0 Å². The maximum atomic E-state index is 4.34. The minimum absolute atomic E-state index is 1.03. The first kappa shape index (κ1) is 6.58. The van der Waals surface area contributed by atoms with Crippen LogP contribution in [-0.4, -0.2) is 15.4 Å². The van der Waals surface area contributed by atoms with Crippen LogP contribution in [0.5, 0.6) is 0 Å². The third-order valence-corrected chi connectivity index (χ3v) is 1.87. The zero-order chi connectivity index (χ0) is 7.84. The normalized spacial score (nSPS) is 16.0. The molecule has 1 aliphatic heterocycles. The van der Waals surface area contributed by atoms with Crippen molar-refractivity contribution in [2.45, 2.75) is 26.7 Å². The third-order valence-electron chi connectivity index (χ3n) is 1.87. The van der Waals surface area contributed by atoms with Crippen LogP contribution < -0.4 is 0 Å². The van der Waals surface area contributed by atoms with Crippen LogP contribution in [-0.2, 0) is 6.42 Å². The van der Waals surface area contributed by atoms with E-state index in [-0.39, 0.29) is 0 Å². The van der Waals surface area contributed by atoms with Gasteiger partial charge in [0.2, 0.25) is 0 Å². The summed E-state index contributed by atoms with van der Waals surface area (Å²) in [5.41, 5.74) is 2.24. The van der Waals surface area contributed by atoms with Gasteiger partial charge in [-0.2, -0.15) is 5.10 Å². The zero-order valence-corrected chi connectivity index (χ0v) is 6.83. The van der Waals surface area contributed by atoms with Crippen molar-refractivity contribution in [3.63, 3.8) is 0 Å². The molecule has 0 atom stereocenters. The largest absolute Gasteiger partial charge is 0.237 e. The topological polar surface area (TPSA) is 30.2 Å². The van der Waals surface area contributed by atoms with E-state index in [0.29, 0.717) is 0 Å². The minimum atomic E-state index is 1.03. The molecule has 0 fully saturated rings.